The lowest BCUT2D eigenvalue weighted by Crippen LogP contribution is -2.27. The summed E-state index contributed by atoms with van der Waals surface area (Å²) in [7, 11) is 1.21. The molecule has 0 saturated heterocycles. The number of rotatable bonds is 9. The Bertz CT molecular complexity index is 1600. The van der Waals surface area contributed by atoms with E-state index in [0.717, 1.165) is 16.7 Å². The fourth-order valence-electron chi connectivity index (χ4n) is 3.90. The van der Waals surface area contributed by atoms with E-state index in [9.17, 15) is 27.6 Å². The standard InChI is InChI=1S/C28H23ClF3N3O5/c1-39-25(36)15-35-16-34-24-14-22(21(13-23(24)27(35)38)17-4-2-5-19(29)12-17)26(37)33-10-3-11-40-20-8-6-18(7-9-20)28(30,31)32/h2,4-9,12-14,16H,3,10-11,15H2,1H3,(H,33,37). The minimum absolute atomic E-state index is 0.159. The maximum atomic E-state index is 13.2. The molecule has 40 heavy (non-hydrogen) atoms. The number of ether oxygens (including phenoxy) is 2. The lowest BCUT2D eigenvalue weighted by atomic mass is 9.97. The summed E-state index contributed by atoms with van der Waals surface area (Å²) >= 11 is 6.17. The third kappa shape index (κ3) is 6.78. The lowest BCUT2D eigenvalue weighted by molar-refractivity contribution is -0.141. The van der Waals surface area contributed by atoms with Crippen LogP contribution >= 0.6 is 11.6 Å². The second-order valence-corrected chi connectivity index (χ2v) is 9.10. The second kappa shape index (κ2) is 12.2. The van der Waals surface area contributed by atoms with E-state index in [0.29, 0.717) is 22.6 Å². The quantitative estimate of drug-likeness (QED) is 0.221. The van der Waals surface area contributed by atoms with Crippen molar-refractivity contribution in [2.75, 3.05) is 20.3 Å². The Labute approximate surface area is 231 Å². The van der Waals surface area contributed by atoms with Gasteiger partial charge in [0.15, 0.2) is 0 Å². The van der Waals surface area contributed by atoms with E-state index in [2.05, 4.69) is 15.0 Å². The van der Waals surface area contributed by atoms with Gasteiger partial charge in [0.25, 0.3) is 11.5 Å². The molecule has 1 heterocycles. The molecule has 0 spiro atoms. The molecule has 1 N–H and O–H groups in total. The van der Waals surface area contributed by atoms with E-state index < -0.39 is 29.2 Å². The number of methoxy groups -OCH3 is 1. The molecule has 0 radical (unpaired) electrons. The van der Waals surface area contributed by atoms with Gasteiger partial charge in [0, 0.05) is 17.1 Å². The van der Waals surface area contributed by atoms with Crippen LogP contribution in [0.1, 0.15) is 22.3 Å². The number of amides is 1. The molecule has 0 unspecified atom stereocenters. The number of benzene rings is 3. The Morgan fingerprint density at radius 2 is 1.82 bits per heavy atom. The predicted molar refractivity (Wildman–Crippen MR) is 142 cm³/mol. The molecule has 4 rings (SSSR count). The van der Waals surface area contributed by atoms with Gasteiger partial charge in [0.1, 0.15) is 12.3 Å². The van der Waals surface area contributed by atoms with E-state index in [1.165, 1.54) is 37.7 Å². The molecule has 3 aromatic carbocycles. The maximum absolute atomic E-state index is 13.2. The maximum Gasteiger partial charge on any atom is 0.416 e. The molecular formula is C28H23ClF3N3O5. The number of esters is 1. The van der Waals surface area contributed by atoms with E-state index in [-0.39, 0.29) is 41.9 Å². The number of aromatic nitrogens is 2. The van der Waals surface area contributed by atoms with Gasteiger partial charge in [-0.1, -0.05) is 23.7 Å². The first kappa shape index (κ1) is 28.6. The van der Waals surface area contributed by atoms with E-state index in [4.69, 9.17) is 16.3 Å². The number of fused-ring (bicyclic) bond motifs is 1. The number of alkyl halides is 3. The van der Waals surface area contributed by atoms with Gasteiger partial charge in [0.2, 0.25) is 0 Å². The highest BCUT2D eigenvalue weighted by molar-refractivity contribution is 6.30. The van der Waals surface area contributed by atoms with Crippen molar-refractivity contribution in [3.05, 3.63) is 93.5 Å². The van der Waals surface area contributed by atoms with Crippen LogP contribution in [0, 0.1) is 0 Å². The Morgan fingerprint density at radius 1 is 1.07 bits per heavy atom. The highest BCUT2D eigenvalue weighted by Gasteiger charge is 2.30. The number of hydrogen-bond donors (Lipinski definition) is 1. The van der Waals surface area contributed by atoms with Crippen LogP contribution in [0.4, 0.5) is 13.2 Å². The summed E-state index contributed by atoms with van der Waals surface area (Å²) in [5.74, 6) is -0.774. The largest absolute Gasteiger partial charge is 0.494 e. The smallest absolute Gasteiger partial charge is 0.416 e. The van der Waals surface area contributed by atoms with Crippen molar-refractivity contribution in [2.45, 2.75) is 19.1 Å². The zero-order valence-electron chi connectivity index (χ0n) is 21.1. The number of halogens is 4. The Balaban J connectivity index is 1.52. The zero-order chi connectivity index (χ0) is 28.9. The summed E-state index contributed by atoms with van der Waals surface area (Å²) in [6.45, 7) is 0.0496. The average Bonchev–Trinajstić information content (AvgIpc) is 2.93. The summed E-state index contributed by atoms with van der Waals surface area (Å²) in [4.78, 5) is 42.2. The summed E-state index contributed by atoms with van der Waals surface area (Å²) in [5, 5.41) is 3.42. The molecule has 8 nitrogen and oxygen atoms in total. The van der Waals surface area contributed by atoms with Crippen molar-refractivity contribution in [1.82, 2.24) is 14.9 Å². The topological polar surface area (TPSA) is 99.5 Å². The summed E-state index contributed by atoms with van der Waals surface area (Å²) in [6.07, 6.45) is -2.84. The van der Waals surface area contributed by atoms with Crippen molar-refractivity contribution in [3.8, 4) is 16.9 Å². The highest BCUT2D eigenvalue weighted by Crippen LogP contribution is 2.31. The molecule has 1 amide bonds. The third-order valence-corrected chi connectivity index (χ3v) is 6.16. The Morgan fingerprint density at radius 3 is 2.50 bits per heavy atom. The summed E-state index contributed by atoms with van der Waals surface area (Å²) in [6, 6.07) is 14.1. The minimum atomic E-state index is -4.43. The van der Waals surface area contributed by atoms with Gasteiger partial charge < -0.3 is 14.8 Å². The van der Waals surface area contributed by atoms with Crippen molar-refractivity contribution in [1.29, 1.82) is 0 Å². The summed E-state index contributed by atoms with van der Waals surface area (Å²) < 4.78 is 49.3. The molecule has 1 aromatic heterocycles. The van der Waals surface area contributed by atoms with Crippen LogP contribution in [0.3, 0.4) is 0 Å². The number of carbonyl (C=O) groups excluding carboxylic acids is 2. The van der Waals surface area contributed by atoms with Gasteiger partial charge in [0.05, 0.1) is 36.5 Å². The first-order valence-electron chi connectivity index (χ1n) is 12.0. The summed E-state index contributed by atoms with van der Waals surface area (Å²) in [5.41, 5.74) is 0.279. The van der Waals surface area contributed by atoms with Gasteiger partial charge in [-0.15, -0.1) is 0 Å². The lowest BCUT2D eigenvalue weighted by Gasteiger charge is -2.14. The highest BCUT2D eigenvalue weighted by atomic mass is 35.5. The molecule has 208 valence electrons. The number of hydrogen-bond acceptors (Lipinski definition) is 6. The first-order chi connectivity index (χ1) is 19.1. The first-order valence-corrected chi connectivity index (χ1v) is 12.4. The van der Waals surface area contributed by atoms with Crippen LogP contribution in [-0.4, -0.2) is 41.7 Å². The molecule has 0 aliphatic carbocycles. The number of nitrogens with one attached hydrogen (secondary N) is 1. The van der Waals surface area contributed by atoms with Gasteiger partial charge in [-0.25, -0.2) is 4.98 Å². The van der Waals surface area contributed by atoms with Crippen molar-refractivity contribution in [2.24, 2.45) is 0 Å². The average molecular weight is 574 g/mol. The number of carbonyl (C=O) groups is 2. The second-order valence-electron chi connectivity index (χ2n) is 8.66. The minimum Gasteiger partial charge on any atom is -0.494 e. The molecule has 0 atom stereocenters. The normalized spacial score (nSPS) is 11.3. The molecular weight excluding hydrogens is 551 g/mol. The molecule has 0 bridgehead atoms. The van der Waals surface area contributed by atoms with Crippen LogP contribution < -0.4 is 15.6 Å². The molecule has 0 aliphatic rings. The fraction of sp³-hybridized carbons (Fsp3) is 0.214. The van der Waals surface area contributed by atoms with Crippen LogP contribution in [0.5, 0.6) is 5.75 Å². The number of nitrogens with zero attached hydrogens (tertiary/aromatic N) is 2. The monoisotopic (exact) mass is 573 g/mol. The van der Waals surface area contributed by atoms with Gasteiger partial charge in [-0.3, -0.25) is 19.0 Å². The molecule has 12 heteroatoms. The van der Waals surface area contributed by atoms with Gasteiger partial charge in [-0.2, -0.15) is 13.2 Å². The van der Waals surface area contributed by atoms with Gasteiger partial charge >= 0.3 is 12.1 Å². The Kier molecular flexibility index (Phi) is 8.73. The van der Waals surface area contributed by atoms with Crippen LogP contribution in [0.15, 0.2) is 71.8 Å². The third-order valence-electron chi connectivity index (χ3n) is 5.93. The Hall–Kier alpha value is -4.38. The van der Waals surface area contributed by atoms with E-state index >= 15 is 0 Å². The van der Waals surface area contributed by atoms with Crippen molar-refractivity contribution < 1.29 is 32.2 Å². The van der Waals surface area contributed by atoms with Crippen molar-refractivity contribution in [3.63, 3.8) is 0 Å². The van der Waals surface area contributed by atoms with Crippen LogP contribution in [0.2, 0.25) is 5.02 Å². The predicted octanol–water partition coefficient (Wildman–Crippen LogP) is 5.11. The molecule has 0 aliphatic heterocycles. The van der Waals surface area contributed by atoms with Gasteiger partial charge in [-0.05, 0) is 66.1 Å². The fourth-order valence-corrected chi connectivity index (χ4v) is 4.09. The zero-order valence-corrected chi connectivity index (χ0v) is 21.9. The molecule has 4 aromatic rings. The van der Waals surface area contributed by atoms with E-state index in [1.54, 1.807) is 24.3 Å². The van der Waals surface area contributed by atoms with Crippen LogP contribution in [-0.2, 0) is 22.3 Å². The van der Waals surface area contributed by atoms with Crippen LogP contribution in [0.25, 0.3) is 22.0 Å². The molecule has 0 saturated carbocycles. The van der Waals surface area contributed by atoms with E-state index in [1.807, 2.05) is 0 Å². The van der Waals surface area contributed by atoms with Crippen molar-refractivity contribution >= 4 is 34.4 Å². The molecule has 0 fully saturated rings. The SMILES string of the molecule is COC(=O)Cn1cnc2cc(C(=O)NCCCOc3ccc(C(F)(F)F)cc3)c(-c3cccc(Cl)c3)cc2c1=O.